The highest BCUT2D eigenvalue weighted by Gasteiger charge is 2.32. The zero-order chi connectivity index (χ0) is 5.28. The van der Waals surface area contributed by atoms with Crippen molar-refractivity contribution in [2.24, 2.45) is 11.8 Å². The van der Waals surface area contributed by atoms with E-state index in [2.05, 4.69) is 6.58 Å². The van der Waals surface area contributed by atoms with E-state index < -0.39 is 0 Å². The Morgan fingerprint density at radius 3 is 2.71 bits per heavy atom. The molecule has 0 unspecified atom stereocenters. The first-order valence-corrected chi connectivity index (χ1v) is 2.62. The van der Waals surface area contributed by atoms with Crippen molar-refractivity contribution in [1.82, 2.24) is 0 Å². The lowest BCUT2D eigenvalue weighted by molar-refractivity contribution is 0.272. The quantitative estimate of drug-likeness (QED) is 0.506. The number of rotatable bonds is 2. The zero-order valence-corrected chi connectivity index (χ0v) is 4.30. The fourth-order valence-corrected chi connectivity index (χ4v) is 0.770. The van der Waals surface area contributed by atoms with E-state index in [1.807, 2.05) is 6.08 Å². The molecule has 0 radical (unpaired) electrons. The van der Waals surface area contributed by atoms with Crippen LogP contribution in [0, 0.1) is 11.8 Å². The van der Waals surface area contributed by atoms with Crippen LogP contribution in [0.5, 0.6) is 0 Å². The highest BCUT2D eigenvalue weighted by molar-refractivity contribution is 4.97. The highest BCUT2D eigenvalue weighted by atomic mass is 16.3. The first kappa shape index (κ1) is 4.85. The standard InChI is InChI=1S/C6H10O/c1-2-5-3-6(5)4-7/h2,5-7H,1,3-4H2/t5-,6-/m0/s1. The van der Waals surface area contributed by atoms with Gasteiger partial charge in [-0.2, -0.15) is 0 Å². The van der Waals surface area contributed by atoms with Crippen molar-refractivity contribution in [2.75, 3.05) is 6.61 Å². The van der Waals surface area contributed by atoms with E-state index >= 15 is 0 Å². The lowest BCUT2D eigenvalue weighted by Crippen LogP contribution is -1.84. The summed E-state index contributed by atoms with van der Waals surface area (Å²) in [6.07, 6.45) is 3.07. The lowest BCUT2D eigenvalue weighted by Gasteiger charge is -1.81. The Morgan fingerprint density at radius 2 is 2.57 bits per heavy atom. The van der Waals surface area contributed by atoms with Crippen LogP contribution in [0.1, 0.15) is 6.42 Å². The number of aliphatic hydroxyl groups excluding tert-OH is 1. The Balaban J connectivity index is 2.17. The number of allylic oxidation sites excluding steroid dienone is 1. The average molecular weight is 98.1 g/mol. The predicted octanol–water partition coefficient (Wildman–Crippen LogP) is 0.801. The normalized spacial score (nSPS) is 37.9. The second-order valence-electron chi connectivity index (χ2n) is 2.08. The minimum absolute atomic E-state index is 0.344. The van der Waals surface area contributed by atoms with Crippen molar-refractivity contribution in [1.29, 1.82) is 0 Å². The van der Waals surface area contributed by atoms with Gasteiger partial charge in [-0.1, -0.05) is 6.08 Å². The zero-order valence-electron chi connectivity index (χ0n) is 4.30. The molecule has 0 aliphatic heterocycles. The molecule has 1 N–H and O–H groups in total. The molecule has 40 valence electrons. The van der Waals surface area contributed by atoms with Crippen molar-refractivity contribution in [3.05, 3.63) is 12.7 Å². The van der Waals surface area contributed by atoms with Gasteiger partial charge in [-0.3, -0.25) is 0 Å². The fourth-order valence-electron chi connectivity index (χ4n) is 0.770. The molecule has 0 aromatic heterocycles. The Labute approximate surface area is 43.7 Å². The summed E-state index contributed by atoms with van der Waals surface area (Å²) in [5.41, 5.74) is 0. The van der Waals surface area contributed by atoms with Gasteiger partial charge in [0, 0.05) is 6.61 Å². The minimum Gasteiger partial charge on any atom is -0.396 e. The molecule has 1 aliphatic carbocycles. The van der Waals surface area contributed by atoms with Gasteiger partial charge in [0.05, 0.1) is 0 Å². The van der Waals surface area contributed by atoms with Gasteiger partial charge in [-0.15, -0.1) is 6.58 Å². The van der Waals surface area contributed by atoms with Crippen LogP contribution < -0.4 is 0 Å². The van der Waals surface area contributed by atoms with E-state index in [4.69, 9.17) is 5.11 Å². The summed E-state index contributed by atoms with van der Waals surface area (Å²) in [7, 11) is 0. The van der Waals surface area contributed by atoms with Crippen LogP contribution in [0.15, 0.2) is 12.7 Å². The molecule has 7 heavy (non-hydrogen) atoms. The van der Waals surface area contributed by atoms with Crippen molar-refractivity contribution in [3.8, 4) is 0 Å². The second-order valence-corrected chi connectivity index (χ2v) is 2.08. The van der Waals surface area contributed by atoms with Crippen LogP contribution in [0.4, 0.5) is 0 Å². The van der Waals surface area contributed by atoms with Gasteiger partial charge >= 0.3 is 0 Å². The topological polar surface area (TPSA) is 20.2 Å². The molecule has 1 aliphatic rings. The molecule has 1 fully saturated rings. The van der Waals surface area contributed by atoms with E-state index in [0.717, 1.165) is 6.42 Å². The maximum Gasteiger partial charge on any atom is 0.0465 e. The summed E-state index contributed by atoms with van der Waals surface area (Å²) in [6, 6.07) is 0. The molecule has 0 heterocycles. The summed E-state index contributed by atoms with van der Waals surface area (Å²) < 4.78 is 0. The Hall–Kier alpha value is -0.300. The molecule has 0 aromatic rings. The first-order valence-electron chi connectivity index (χ1n) is 2.62. The Bertz CT molecular complexity index is 78.2. The highest BCUT2D eigenvalue weighted by Crippen LogP contribution is 2.38. The van der Waals surface area contributed by atoms with Crippen molar-refractivity contribution < 1.29 is 5.11 Å². The predicted molar refractivity (Wildman–Crippen MR) is 28.9 cm³/mol. The molecular weight excluding hydrogens is 88.1 g/mol. The second kappa shape index (κ2) is 1.66. The van der Waals surface area contributed by atoms with Gasteiger partial charge in [0.2, 0.25) is 0 Å². The molecule has 0 saturated heterocycles. The third-order valence-corrected chi connectivity index (χ3v) is 1.51. The van der Waals surface area contributed by atoms with Crippen LogP contribution in [-0.4, -0.2) is 11.7 Å². The molecular formula is C6H10O. The van der Waals surface area contributed by atoms with Gasteiger partial charge in [-0.25, -0.2) is 0 Å². The maximum atomic E-state index is 8.46. The van der Waals surface area contributed by atoms with Gasteiger partial charge in [-0.05, 0) is 18.3 Å². The van der Waals surface area contributed by atoms with Crippen LogP contribution in [-0.2, 0) is 0 Å². The summed E-state index contributed by atoms with van der Waals surface area (Å²) in [6.45, 7) is 3.95. The van der Waals surface area contributed by atoms with Gasteiger partial charge < -0.3 is 5.11 Å². The van der Waals surface area contributed by atoms with E-state index in [0.29, 0.717) is 18.4 Å². The number of aliphatic hydroxyl groups is 1. The Morgan fingerprint density at radius 1 is 1.86 bits per heavy atom. The molecule has 1 nitrogen and oxygen atoms in total. The monoisotopic (exact) mass is 98.1 g/mol. The minimum atomic E-state index is 0.344. The molecule has 1 saturated carbocycles. The fraction of sp³-hybridized carbons (Fsp3) is 0.667. The van der Waals surface area contributed by atoms with E-state index in [9.17, 15) is 0 Å². The average Bonchev–Trinajstić information content (AvgIpc) is 2.43. The number of hydrogen-bond donors (Lipinski definition) is 1. The molecule has 2 atom stereocenters. The van der Waals surface area contributed by atoms with E-state index in [1.165, 1.54) is 0 Å². The van der Waals surface area contributed by atoms with Crippen molar-refractivity contribution >= 4 is 0 Å². The lowest BCUT2D eigenvalue weighted by atomic mass is 10.3. The summed E-state index contributed by atoms with van der Waals surface area (Å²) in [5.74, 6) is 1.18. The summed E-state index contributed by atoms with van der Waals surface area (Å²) >= 11 is 0. The van der Waals surface area contributed by atoms with Gasteiger partial charge in [0.1, 0.15) is 0 Å². The van der Waals surface area contributed by atoms with Crippen molar-refractivity contribution in [3.63, 3.8) is 0 Å². The van der Waals surface area contributed by atoms with Crippen LogP contribution >= 0.6 is 0 Å². The molecule has 0 amide bonds. The molecule has 0 spiro atoms. The van der Waals surface area contributed by atoms with Crippen molar-refractivity contribution in [2.45, 2.75) is 6.42 Å². The van der Waals surface area contributed by atoms with E-state index in [1.54, 1.807) is 0 Å². The van der Waals surface area contributed by atoms with Gasteiger partial charge in [0.25, 0.3) is 0 Å². The Kier molecular flexibility index (Phi) is 1.15. The van der Waals surface area contributed by atoms with Crippen LogP contribution in [0.3, 0.4) is 0 Å². The third kappa shape index (κ3) is 0.829. The van der Waals surface area contributed by atoms with Crippen LogP contribution in [0.25, 0.3) is 0 Å². The molecule has 0 aromatic carbocycles. The summed E-state index contributed by atoms with van der Waals surface area (Å²) in [5, 5.41) is 8.46. The van der Waals surface area contributed by atoms with Crippen LogP contribution in [0.2, 0.25) is 0 Å². The number of hydrogen-bond acceptors (Lipinski definition) is 1. The third-order valence-electron chi connectivity index (χ3n) is 1.51. The first-order chi connectivity index (χ1) is 3.38. The molecule has 1 heteroatoms. The largest absolute Gasteiger partial charge is 0.396 e. The smallest absolute Gasteiger partial charge is 0.0465 e. The van der Waals surface area contributed by atoms with E-state index in [-0.39, 0.29) is 0 Å². The molecule has 0 bridgehead atoms. The molecule has 1 rings (SSSR count). The SMILES string of the molecule is C=C[C@H]1C[C@H]1CO. The maximum absolute atomic E-state index is 8.46. The van der Waals surface area contributed by atoms with Gasteiger partial charge in [0.15, 0.2) is 0 Å². The summed E-state index contributed by atoms with van der Waals surface area (Å²) in [4.78, 5) is 0.